The lowest BCUT2D eigenvalue weighted by molar-refractivity contribution is -0.138. The van der Waals surface area contributed by atoms with Gasteiger partial charge in [-0.1, -0.05) is 47.8 Å². The summed E-state index contributed by atoms with van der Waals surface area (Å²) in [4.78, 5) is 35.2. The van der Waals surface area contributed by atoms with Gasteiger partial charge in [0.25, 0.3) is 0 Å². The van der Waals surface area contributed by atoms with Gasteiger partial charge >= 0.3 is 5.97 Å². The van der Waals surface area contributed by atoms with Crippen LogP contribution in [0, 0.1) is 0 Å². The number of hydrogen-bond acceptors (Lipinski definition) is 3. The molecule has 1 atom stereocenters. The first-order valence-electron chi connectivity index (χ1n) is 8.45. The highest BCUT2D eigenvalue weighted by atomic mass is 79.9. The zero-order chi connectivity index (χ0) is 18.7. The molecule has 0 saturated carbocycles. The smallest absolute Gasteiger partial charge is 0.303 e. The molecule has 1 aromatic carbocycles. The van der Waals surface area contributed by atoms with Gasteiger partial charge in [0.2, 0.25) is 11.8 Å². The summed E-state index contributed by atoms with van der Waals surface area (Å²) < 4.78 is 0.919. The lowest BCUT2D eigenvalue weighted by Crippen LogP contribution is -2.47. The number of amides is 2. The molecule has 2 amide bonds. The Kier molecular flexibility index (Phi) is 9.84. The molecule has 1 rings (SSSR count). The van der Waals surface area contributed by atoms with E-state index in [0.29, 0.717) is 6.54 Å². The fraction of sp³-hybridized carbons (Fsp3) is 0.500. The van der Waals surface area contributed by atoms with Crippen molar-refractivity contribution in [1.29, 1.82) is 0 Å². The van der Waals surface area contributed by atoms with Gasteiger partial charge in [-0.2, -0.15) is 0 Å². The Morgan fingerprint density at radius 2 is 1.84 bits per heavy atom. The van der Waals surface area contributed by atoms with Gasteiger partial charge in [-0.25, -0.2) is 0 Å². The number of carbonyl (C=O) groups is 3. The maximum atomic E-state index is 12.2. The van der Waals surface area contributed by atoms with E-state index in [0.717, 1.165) is 29.3 Å². The predicted octanol–water partition coefficient (Wildman–Crippen LogP) is 2.65. The highest BCUT2D eigenvalue weighted by Crippen LogP contribution is 2.11. The Bertz CT molecular complexity index is 575. The second-order valence-corrected chi connectivity index (χ2v) is 6.77. The highest BCUT2D eigenvalue weighted by Gasteiger charge is 2.21. The van der Waals surface area contributed by atoms with Crippen molar-refractivity contribution >= 4 is 33.7 Å². The molecule has 0 fully saturated rings. The van der Waals surface area contributed by atoms with Gasteiger partial charge in [0.05, 0.1) is 6.42 Å². The topological polar surface area (TPSA) is 95.5 Å². The van der Waals surface area contributed by atoms with E-state index in [1.807, 2.05) is 24.3 Å². The molecule has 6 nitrogen and oxygen atoms in total. The second-order valence-electron chi connectivity index (χ2n) is 5.85. The van der Waals surface area contributed by atoms with Crippen LogP contribution < -0.4 is 10.6 Å². The lowest BCUT2D eigenvalue weighted by atomic mass is 10.1. The van der Waals surface area contributed by atoms with Crippen molar-refractivity contribution < 1.29 is 19.5 Å². The molecule has 0 spiro atoms. The molecule has 0 aliphatic carbocycles. The van der Waals surface area contributed by atoms with E-state index in [2.05, 4.69) is 33.5 Å². The Labute approximate surface area is 156 Å². The third-order valence-electron chi connectivity index (χ3n) is 3.66. The molecular weight excluding hydrogens is 388 g/mol. The van der Waals surface area contributed by atoms with Crippen LogP contribution >= 0.6 is 15.9 Å². The number of benzene rings is 1. The van der Waals surface area contributed by atoms with Crippen LogP contribution in [0.5, 0.6) is 0 Å². The monoisotopic (exact) mass is 412 g/mol. The van der Waals surface area contributed by atoms with Gasteiger partial charge in [-0.05, 0) is 30.5 Å². The molecule has 138 valence electrons. The van der Waals surface area contributed by atoms with E-state index >= 15 is 0 Å². The van der Waals surface area contributed by atoms with Crippen molar-refractivity contribution in [1.82, 2.24) is 10.6 Å². The fourth-order valence-electron chi connectivity index (χ4n) is 2.28. The Morgan fingerprint density at radius 1 is 1.16 bits per heavy atom. The van der Waals surface area contributed by atoms with Crippen LogP contribution in [0.4, 0.5) is 0 Å². The molecule has 0 aromatic heterocycles. The number of carboxylic acid groups (broad SMARTS) is 1. The summed E-state index contributed by atoms with van der Waals surface area (Å²) in [6, 6.07) is 6.48. The van der Waals surface area contributed by atoms with Gasteiger partial charge in [0.1, 0.15) is 6.04 Å². The van der Waals surface area contributed by atoms with Crippen LogP contribution in [0.15, 0.2) is 28.7 Å². The maximum Gasteiger partial charge on any atom is 0.303 e. The standard InChI is InChI=1S/C18H25BrN2O4/c1-2-3-4-11-20-18(25)15(9-10-17(23)24)21-16(22)12-13-5-7-14(19)8-6-13/h5-8,15H,2-4,9-12H2,1H3,(H,20,25)(H,21,22)(H,23,24)/t15-/m0/s1. The van der Waals surface area contributed by atoms with Gasteiger partial charge in [-0.15, -0.1) is 0 Å². The molecule has 0 heterocycles. The lowest BCUT2D eigenvalue weighted by Gasteiger charge is -2.18. The van der Waals surface area contributed by atoms with Crippen molar-refractivity contribution in [2.45, 2.75) is 51.5 Å². The van der Waals surface area contributed by atoms with Gasteiger partial charge in [0, 0.05) is 17.4 Å². The van der Waals surface area contributed by atoms with Gasteiger partial charge in [-0.3, -0.25) is 14.4 Å². The number of nitrogens with one attached hydrogen (secondary N) is 2. The molecule has 3 N–H and O–H groups in total. The summed E-state index contributed by atoms with van der Waals surface area (Å²) in [6.45, 7) is 2.60. The maximum absolute atomic E-state index is 12.2. The first-order chi connectivity index (χ1) is 11.9. The number of hydrogen-bond donors (Lipinski definition) is 3. The van der Waals surface area contributed by atoms with Crippen LogP contribution in [0.3, 0.4) is 0 Å². The number of carboxylic acids is 1. The normalized spacial score (nSPS) is 11.6. The third kappa shape index (κ3) is 9.24. The summed E-state index contributed by atoms with van der Waals surface area (Å²) in [6.07, 6.45) is 2.95. The van der Waals surface area contributed by atoms with E-state index < -0.39 is 12.0 Å². The molecule has 7 heteroatoms. The average Bonchev–Trinajstić information content (AvgIpc) is 2.57. The zero-order valence-electron chi connectivity index (χ0n) is 14.4. The molecule has 25 heavy (non-hydrogen) atoms. The van der Waals surface area contributed by atoms with Gasteiger partial charge < -0.3 is 15.7 Å². The van der Waals surface area contributed by atoms with Crippen molar-refractivity contribution in [3.05, 3.63) is 34.3 Å². The summed E-state index contributed by atoms with van der Waals surface area (Å²) >= 11 is 3.33. The number of halogens is 1. The first kappa shape index (κ1) is 21.2. The molecule has 0 aliphatic heterocycles. The van der Waals surface area contributed by atoms with E-state index in [-0.39, 0.29) is 31.1 Å². The van der Waals surface area contributed by atoms with E-state index in [1.165, 1.54) is 0 Å². The predicted molar refractivity (Wildman–Crippen MR) is 99.2 cm³/mol. The first-order valence-corrected chi connectivity index (χ1v) is 9.25. The number of carbonyl (C=O) groups excluding carboxylic acids is 2. The summed E-state index contributed by atoms with van der Waals surface area (Å²) in [5, 5.41) is 14.3. The quantitative estimate of drug-likeness (QED) is 0.486. The molecule has 0 radical (unpaired) electrons. The molecule has 0 bridgehead atoms. The van der Waals surface area contributed by atoms with Crippen molar-refractivity contribution in [3.8, 4) is 0 Å². The number of unbranched alkanes of at least 4 members (excludes halogenated alkanes) is 2. The fourth-order valence-corrected chi connectivity index (χ4v) is 2.54. The minimum absolute atomic E-state index is 0.0705. The Balaban J connectivity index is 2.58. The summed E-state index contributed by atoms with van der Waals surface area (Å²) in [5.74, 6) is -1.63. The second kappa shape index (κ2) is 11.6. The Hall–Kier alpha value is -1.89. The average molecular weight is 413 g/mol. The molecule has 0 unspecified atom stereocenters. The van der Waals surface area contributed by atoms with Crippen LogP contribution in [-0.4, -0.2) is 35.5 Å². The van der Waals surface area contributed by atoms with Crippen LogP contribution in [0.1, 0.15) is 44.6 Å². The van der Waals surface area contributed by atoms with E-state index in [1.54, 1.807) is 0 Å². The van der Waals surface area contributed by atoms with Crippen molar-refractivity contribution in [3.63, 3.8) is 0 Å². The minimum atomic E-state index is -0.994. The number of aliphatic carboxylic acids is 1. The highest BCUT2D eigenvalue weighted by molar-refractivity contribution is 9.10. The van der Waals surface area contributed by atoms with Gasteiger partial charge in [0.15, 0.2) is 0 Å². The van der Waals surface area contributed by atoms with Crippen molar-refractivity contribution in [2.75, 3.05) is 6.54 Å². The minimum Gasteiger partial charge on any atom is -0.481 e. The Morgan fingerprint density at radius 3 is 2.44 bits per heavy atom. The van der Waals surface area contributed by atoms with Crippen LogP contribution in [0.2, 0.25) is 0 Å². The largest absolute Gasteiger partial charge is 0.481 e. The third-order valence-corrected chi connectivity index (χ3v) is 4.18. The van der Waals surface area contributed by atoms with E-state index in [4.69, 9.17) is 5.11 Å². The van der Waals surface area contributed by atoms with Crippen LogP contribution in [-0.2, 0) is 20.8 Å². The summed E-state index contributed by atoms with van der Waals surface area (Å²) in [7, 11) is 0. The SMILES string of the molecule is CCCCCNC(=O)[C@H](CCC(=O)O)NC(=O)Cc1ccc(Br)cc1. The zero-order valence-corrected chi connectivity index (χ0v) is 16.0. The summed E-state index contributed by atoms with van der Waals surface area (Å²) in [5.41, 5.74) is 0.820. The molecule has 1 aromatic rings. The number of rotatable bonds is 11. The van der Waals surface area contributed by atoms with E-state index in [9.17, 15) is 14.4 Å². The molecule has 0 saturated heterocycles. The van der Waals surface area contributed by atoms with Crippen LogP contribution in [0.25, 0.3) is 0 Å². The molecule has 0 aliphatic rings. The molecular formula is C18H25BrN2O4. The van der Waals surface area contributed by atoms with Crippen molar-refractivity contribution in [2.24, 2.45) is 0 Å².